The van der Waals surface area contributed by atoms with Crippen molar-refractivity contribution in [3.63, 3.8) is 0 Å². The van der Waals surface area contributed by atoms with Crippen LogP contribution in [0.25, 0.3) is 0 Å². The number of hydrogen-bond acceptors (Lipinski definition) is 4. The number of alkyl halides is 3. The quantitative estimate of drug-likeness (QED) is 0.874. The van der Waals surface area contributed by atoms with Gasteiger partial charge in [-0.15, -0.1) is 10.2 Å². The summed E-state index contributed by atoms with van der Waals surface area (Å²) >= 11 is 0. The Hall–Kier alpha value is -1.11. The fourth-order valence-corrected chi connectivity index (χ4v) is 0.943. The van der Waals surface area contributed by atoms with Gasteiger partial charge < -0.3 is 9.73 Å². The van der Waals surface area contributed by atoms with Crippen LogP contribution in [0.2, 0.25) is 0 Å². The molecule has 16 heavy (non-hydrogen) atoms. The summed E-state index contributed by atoms with van der Waals surface area (Å²) in [5.74, 6) is -0.243. The van der Waals surface area contributed by atoms with Crippen LogP contribution in [0.15, 0.2) is 4.42 Å². The predicted octanol–water partition coefficient (Wildman–Crippen LogP) is 2.06. The molecule has 0 saturated heterocycles. The van der Waals surface area contributed by atoms with Gasteiger partial charge >= 0.3 is 6.18 Å². The van der Waals surface area contributed by atoms with Crippen LogP contribution in [0.1, 0.15) is 32.6 Å². The molecule has 0 aliphatic heterocycles. The maximum Gasteiger partial charge on any atom is 0.397 e. The predicted molar refractivity (Wildman–Crippen MR) is 50.6 cm³/mol. The fraction of sp³-hybridized carbons (Fsp3) is 0.778. The van der Waals surface area contributed by atoms with Crippen molar-refractivity contribution in [3.05, 3.63) is 11.8 Å². The third kappa shape index (κ3) is 5.11. The van der Waals surface area contributed by atoms with Gasteiger partial charge in [0.15, 0.2) is 0 Å². The first kappa shape index (κ1) is 13.0. The molecule has 1 rings (SSSR count). The highest BCUT2D eigenvalue weighted by molar-refractivity contribution is 4.85. The van der Waals surface area contributed by atoms with E-state index in [9.17, 15) is 13.2 Å². The van der Waals surface area contributed by atoms with E-state index in [-0.39, 0.29) is 18.0 Å². The number of hydrogen-bond donors (Lipinski definition) is 1. The molecule has 4 nitrogen and oxygen atoms in total. The minimum absolute atomic E-state index is 0.154. The molecular formula is C9H14F3N3O. The summed E-state index contributed by atoms with van der Waals surface area (Å²) in [6.45, 7) is 6.05. The van der Waals surface area contributed by atoms with Gasteiger partial charge in [-0.05, 0) is 20.8 Å². The first-order valence-corrected chi connectivity index (χ1v) is 4.79. The summed E-state index contributed by atoms with van der Waals surface area (Å²) in [5.41, 5.74) is -0.154. The van der Waals surface area contributed by atoms with Gasteiger partial charge in [0, 0.05) is 5.54 Å². The average molecular weight is 237 g/mol. The van der Waals surface area contributed by atoms with E-state index in [1.807, 2.05) is 20.8 Å². The second kappa shape index (κ2) is 4.40. The van der Waals surface area contributed by atoms with Crippen molar-refractivity contribution in [2.75, 3.05) is 0 Å². The SMILES string of the molecule is CC(C)(C)NCc1nnc(CC(F)(F)F)o1. The Labute approximate surface area is 91.2 Å². The van der Waals surface area contributed by atoms with Crippen LogP contribution in [-0.2, 0) is 13.0 Å². The molecule has 0 aliphatic rings. The molecule has 0 spiro atoms. The highest BCUT2D eigenvalue weighted by atomic mass is 19.4. The van der Waals surface area contributed by atoms with Gasteiger partial charge in [0.1, 0.15) is 6.42 Å². The zero-order valence-corrected chi connectivity index (χ0v) is 9.35. The molecule has 0 fully saturated rings. The van der Waals surface area contributed by atoms with Crippen LogP contribution in [0.3, 0.4) is 0 Å². The van der Waals surface area contributed by atoms with E-state index >= 15 is 0 Å². The molecule has 0 atom stereocenters. The smallest absolute Gasteiger partial charge is 0.397 e. The first-order chi connectivity index (χ1) is 7.16. The molecule has 0 bridgehead atoms. The molecule has 0 amide bonds. The zero-order valence-electron chi connectivity index (χ0n) is 9.35. The highest BCUT2D eigenvalue weighted by Crippen LogP contribution is 2.20. The molecule has 0 unspecified atom stereocenters. The number of rotatable bonds is 3. The Morgan fingerprint density at radius 2 is 1.69 bits per heavy atom. The van der Waals surface area contributed by atoms with Crippen molar-refractivity contribution in [1.82, 2.24) is 15.5 Å². The third-order valence-electron chi connectivity index (χ3n) is 1.63. The van der Waals surface area contributed by atoms with Gasteiger partial charge in [-0.2, -0.15) is 13.2 Å². The monoisotopic (exact) mass is 237 g/mol. The minimum atomic E-state index is -4.32. The van der Waals surface area contributed by atoms with E-state index in [2.05, 4.69) is 15.5 Å². The van der Waals surface area contributed by atoms with E-state index in [4.69, 9.17) is 4.42 Å². The van der Waals surface area contributed by atoms with Crippen LogP contribution < -0.4 is 5.32 Å². The van der Waals surface area contributed by atoms with E-state index in [1.165, 1.54) is 0 Å². The Bertz CT molecular complexity index is 341. The molecule has 1 aromatic heterocycles. The molecule has 0 aromatic carbocycles. The van der Waals surface area contributed by atoms with Crippen molar-refractivity contribution in [2.45, 2.75) is 45.5 Å². The molecule has 7 heteroatoms. The summed E-state index contributed by atoms with van der Waals surface area (Å²) < 4.78 is 40.8. The van der Waals surface area contributed by atoms with E-state index in [0.29, 0.717) is 0 Å². The number of halogens is 3. The summed E-state index contributed by atoms with van der Waals surface area (Å²) in [4.78, 5) is 0. The zero-order chi connectivity index (χ0) is 12.4. The number of nitrogens with one attached hydrogen (secondary N) is 1. The average Bonchev–Trinajstić information content (AvgIpc) is 2.44. The Morgan fingerprint density at radius 3 is 2.19 bits per heavy atom. The van der Waals surface area contributed by atoms with Crippen molar-refractivity contribution in [3.8, 4) is 0 Å². The van der Waals surface area contributed by atoms with Gasteiger partial charge in [-0.1, -0.05) is 0 Å². The number of aromatic nitrogens is 2. The van der Waals surface area contributed by atoms with Crippen molar-refractivity contribution < 1.29 is 17.6 Å². The summed E-state index contributed by atoms with van der Waals surface area (Å²) in [7, 11) is 0. The third-order valence-corrected chi connectivity index (χ3v) is 1.63. The molecule has 0 radical (unpaired) electrons. The van der Waals surface area contributed by atoms with Crippen molar-refractivity contribution >= 4 is 0 Å². The minimum Gasteiger partial charge on any atom is -0.424 e. The summed E-state index contributed by atoms with van der Waals surface area (Å²) in [6.07, 6.45) is -5.50. The maximum atomic E-state index is 12.0. The lowest BCUT2D eigenvalue weighted by atomic mass is 10.1. The Morgan fingerprint density at radius 1 is 1.12 bits per heavy atom. The lowest BCUT2D eigenvalue weighted by Crippen LogP contribution is -2.35. The molecule has 0 aliphatic carbocycles. The van der Waals surface area contributed by atoms with Gasteiger partial charge in [-0.25, -0.2) is 0 Å². The van der Waals surface area contributed by atoms with Gasteiger partial charge in [-0.3, -0.25) is 0 Å². The summed E-state index contributed by atoms with van der Waals surface area (Å²) in [6, 6.07) is 0. The molecule has 1 aromatic rings. The molecule has 92 valence electrons. The Kier molecular flexibility index (Phi) is 3.57. The van der Waals surface area contributed by atoms with Gasteiger partial charge in [0.05, 0.1) is 6.54 Å². The Balaban J connectivity index is 2.52. The van der Waals surface area contributed by atoms with Gasteiger partial charge in [0.2, 0.25) is 11.8 Å². The van der Waals surface area contributed by atoms with E-state index < -0.39 is 18.5 Å². The molecule has 1 heterocycles. The lowest BCUT2D eigenvalue weighted by Gasteiger charge is -2.18. The normalized spacial score (nSPS) is 13.1. The first-order valence-electron chi connectivity index (χ1n) is 4.79. The van der Waals surface area contributed by atoms with Crippen LogP contribution in [0.4, 0.5) is 13.2 Å². The second-order valence-electron chi connectivity index (χ2n) is 4.49. The molecule has 1 N–H and O–H groups in total. The summed E-state index contributed by atoms with van der Waals surface area (Å²) in [5, 5.41) is 9.89. The highest BCUT2D eigenvalue weighted by Gasteiger charge is 2.31. The van der Waals surface area contributed by atoms with Crippen LogP contribution in [0, 0.1) is 0 Å². The topological polar surface area (TPSA) is 51.0 Å². The standard InChI is InChI=1S/C9H14F3N3O/c1-8(2,3)13-5-7-15-14-6(16-7)4-9(10,11)12/h13H,4-5H2,1-3H3. The van der Waals surface area contributed by atoms with E-state index in [0.717, 1.165) is 0 Å². The fourth-order valence-electron chi connectivity index (χ4n) is 0.943. The second-order valence-corrected chi connectivity index (χ2v) is 4.49. The van der Waals surface area contributed by atoms with E-state index in [1.54, 1.807) is 0 Å². The largest absolute Gasteiger partial charge is 0.424 e. The van der Waals surface area contributed by atoms with Crippen LogP contribution in [0.5, 0.6) is 0 Å². The van der Waals surface area contributed by atoms with Crippen molar-refractivity contribution in [2.24, 2.45) is 0 Å². The number of nitrogens with zero attached hydrogens (tertiary/aromatic N) is 2. The lowest BCUT2D eigenvalue weighted by molar-refractivity contribution is -0.130. The molecular weight excluding hydrogens is 223 g/mol. The maximum absolute atomic E-state index is 12.0. The van der Waals surface area contributed by atoms with Gasteiger partial charge in [0.25, 0.3) is 0 Å². The molecule has 0 saturated carbocycles. The van der Waals surface area contributed by atoms with Crippen molar-refractivity contribution in [1.29, 1.82) is 0 Å². The van der Waals surface area contributed by atoms with Crippen LogP contribution in [-0.4, -0.2) is 21.9 Å². The van der Waals surface area contributed by atoms with Crippen LogP contribution >= 0.6 is 0 Å².